The highest BCUT2D eigenvalue weighted by Crippen LogP contribution is 2.34. The van der Waals surface area contributed by atoms with E-state index in [4.69, 9.17) is 47.4 Å². The molecular formula is C36H46O10. The maximum absolute atomic E-state index is 6.14. The first-order valence-electron chi connectivity index (χ1n) is 16.2. The highest BCUT2D eigenvalue weighted by Gasteiger charge is 2.28. The standard InChI is InChI=1S/C36H46O10/c1-2-6-30-29(5-1)33-9-10-34(30)44-26-22-40-18-14-38-16-20-42-24-28-46-36-12-11-35(31-7-3-4-8-32(31)36)45-27-23-41-19-15-37-13-17-39-21-25-43-33/h1-12,29,33H,13-28H2. The van der Waals surface area contributed by atoms with Crippen LogP contribution >= 0.6 is 0 Å². The van der Waals surface area contributed by atoms with Gasteiger partial charge in [-0.25, -0.2) is 0 Å². The molecule has 0 fully saturated rings. The second-order valence-electron chi connectivity index (χ2n) is 10.6. The Morgan fingerprint density at radius 3 is 1.46 bits per heavy atom. The summed E-state index contributed by atoms with van der Waals surface area (Å²) in [5, 5.41) is 1.98. The van der Waals surface area contributed by atoms with Crippen LogP contribution in [-0.4, -0.2) is 112 Å². The van der Waals surface area contributed by atoms with Crippen LogP contribution < -0.4 is 9.47 Å². The maximum Gasteiger partial charge on any atom is 0.127 e. The van der Waals surface area contributed by atoms with Gasteiger partial charge in [0.15, 0.2) is 0 Å². The fourth-order valence-corrected chi connectivity index (χ4v) is 5.23. The number of benzene rings is 2. The Balaban J connectivity index is 1.07. The number of allylic oxidation sites excluding steroid dienone is 4. The van der Waals surface area contributed by atoms with Gasteiger partial charge in [0, 0.05) is 22.3 Å². The van der Waals surface area contributed by atoms with Gasteiger partial charge in [-0.05, 0) is 18.2 Å². The number of hydrogen-bond donors (Lipinski definition) is 0. The molecule has 2 unspecified atom stereocenters. The largest absolute Gasteiger partial charge is 0.491 e. The zero-order valence-corrected chi connectivity index (χ0v) is 26.5. The van der Waals surface area contributed by atoms with Gasteiger partial charge in [0.2, 0.25) is 0 Å². The highest BCUT2D eigenvalue weighted by atomic mass is 16.6. The predicted octanol–water partition coefficient (Wildman–Crippen LogP) is 4.68. The Bertz CT molecular complexity index is 1300. The molecule has 2 aromatic rings. The van der Waals surface area contributed by atoms with Crippen LogP contribution in [0.15, 0.2) is 84.2 Å². The van der Waals surface area contributed by atoms with E-state index in [1.54, 1.807) is 0 Å². The van der Waals surface area contributed by atoms with Crippen molar-refractivity contribution >= 4 is 10.8 Å². The molecular weight excluding hydrogens is 592 g/mol. The zero-order chi connectivity index (χ0) is 31.5. The number of hydrogen-bond acceptors (Lipinski definition) is 10. The molecule has 6 rings (SSSR count). The van der Waals surface area contributed by atoms with Crippen LogP contribution in [0.3, 0.4) is 0 Å². The molecule has 10 heteroatoms. The Morgan fingerprint density at radius 1 is 0.435 bits per heavy atom. The van der Waals surface area contributed by atoms with Gasteiger partial charge in [-0.1, -0.05) is 54.6 Å². The second kappa shape index (κ2) is 20.1. The van der Waals surface area contributed by atoms with Gasteiger partial charge < -0.3 is 47.4 Å². The molecule has 4 aliphatic rings. The van der Waals surface area contributed by atoms with E-state index in [-0.39, 0.29) is 12.0 Å². The van der Waals surface area contributed by atoms with Crippen molar-refractivity contribution in [2.24, 2.45) is 5.92 Å². The molecule has 2 aliphatic carbocycles. The fourth-order valence-electron chi connectivity index (χ4n) is 5.23. The van der Waals surface area contributed by atoms with Crippen molar-refractivity contribution in [1.82, 2.24) is 0 Å². The smallest absolute Gasteiger partial charge is 0.127 e. The molecule has 2 heterocycles. The zero-order valence-electron chi connectivity index (χ0n) is 26.5. The van der Waals surface area contributed by atoms with Crippen molar-refractivity contribution in [1.29, 1.82) is 0 Å². The quantitative estimate of drug-likeness (QED) is 0.379. The Morgan fingerprint density at radius 2 is 0.913 bits per heavy atom. The number of rotatable bonds is 0. The first-order valence-corrected chi connectivity index (χ1v) is 16.2. The van der Waals surface area contributed by atoms with Gasteiger partial charge in [0.1, 0.15) is 37.1 Å². The fraction of sp³-hybridized carbons (Fsp3) is 0.500. The lowest BCUT2D eigenvalue weighted by Crippen LogP contribution is -2.28. The van der Waals surface area contributed by atoms with E-state index in [1.165, 1.54) is 0 Å². The third-order valence-electron chi connectivity index (χ3n) is 7.47. The summed E-state index contributed by atoms with van der Waals surface area (Å²) < 4.78 is 58.3. The first-order chi connectivity index (χ1) is 22.9. The van der Waals surface area contributed by atoms with Crippen molar-refractivity contribution in [3.05, 3.63) is 84.2 Å². The molecule has 2 atom stereocenters. The second-order valence-corrected chi connectivity index (χ2v) is 10.6. The van der Waals surface area contributed by atoms with Crippen molar-refractivity contribution in [3.8, 4) is 11.5 Å². The summed E-state index contributed by atoms with van der Waals surface area (Å²) in [6.45, 7) is 7.63. The molecule has 2 aliphatic heterocycles. The monoisotopic (exact) mass is 638 g/mol. The van der Waals surface area contributed by atoms with Gasteiger partial charge in [-0.3, -0.25) is 0 Å². The summed E-state index contributed by atoms with van der Waals surface area (Å²) in [5.74, 6) is 2.53. The van der Waals surface area contributed by atoms with E-state index in [9.17, 15) is 0 Å². The molecule has 2 aromatic carbocycles. The van der Waals surface area contributed by atoms with Gasteiger partial charge in [0.05, 0.1) is 92.0 Å². The van der Waals surface area contributed by atoms with Crippen LogP contribution in [0, 0.1) is 5.92 Å². The van der Waals surface area contributed by atoms with Crippen LogP contribution in [0.4, 0.5) is 0 Å². The molecule has 0 saturated carbocycles. The Labute approximate surface area is 271 Å². The summed E-state index contributed by atoms with van der Waals surface area (Å²) in [7, 11) is 0. The Kier molecular flexibility index (Phi) is 14.9. The van der Waals surface area contributed by atoms with Crippen LogP contribution in [0.25, 0.3) is 10.8 Å². The third kappa shape index (κ3) is 10.9. The third-order valence-corrected chi connectivity index (χ3v) is 7.47. The number of ether oxygens (including phenoxy) is 10. The van der Waals surface area contributed by atoms with E-state index in [1.807, 2.05) is 60.7 Å². The van der Waals surface area contributed by atoms with Crippen LogP contribution in [0.2, 0.25) is 0 Å². The normalized spacial score (nSPS) is 24.0. The molecule has 0 N–H and O–H groups in total. The predicted molar refractivity (Wildman–Crippen MR) is 173 cm³/mol. The van der Waals surface area contributed by atoms with E-state index in [0.29, 0.717) is 106 Å². The summed E-state index contributed by atoms with van der Waals surface area (Å²) in [6.07, 6.45) is 12.3. The van der Waals surface area contributed by atoms with E-state index in [2.05, 4.69) is 12.2 Å². The minimum absolute atomic E-state index is 0.0737. The summed E-state index contributed by atoms with van der Waals surface area (Å²) in [6, 6.07) is 11.9. The molecule has 0 spiro atoms. The van der Waals surface area contributed by atoms with E-state index < -0.39 is 0 Å². The summed E-state index contributed by atoms with van der Waals surface area (Å²) >= 11 is 0. The molecule has 46 heavy (non-hydrogen) atoms. The van der Waals surface area contributed by atoms with E-state index in [0.717, 1.165) is 33.6 Å². The molecule has 0 aromatic heterocycles. The van der Waals surface area contributed by atoms with Gasteiger partial charge >= 0.3 is 0 Å². The van der Waals surface area contributed by atoms with Crippen molar-refractivity contribution in [3.63, 3.8) is 0 Å². The lowest BCUT2D eigenvalue weighted by molar-refractivity contribution is -0.0167. The average molecular weight is 639 g/mol. The van der Waals surface area contributed by atoms with E-state index >= 15 is 0 Å². The lowest BCUT2D eigenvalue weighted by Gasteiger charge is -2.30. The summed E-state index contributed by atoms with van der Waals surface area (Å²) in [5.41, 5.74) is 1.11. The minimum atomic E-state index is -0.0737. The maximum atomic E-state index is 6.14. The SMILES string of the molecule is C1=CC2=C3C=CC(OCCOCCOCCOCCOc4ccc(c5ccccc45)OCCOCCOCCOCCO3)C2C=C1. The molecule has 0 amide bonds. The molecule has 250 valence electrons. The van der Waals surface area contributed by atoms with Crippen LogP contribution in [0.1, 0.15) is 0 Å². The van der Waals surface area contributed by atoms with Crippen molar-refractivity contribution in [2.75, 3.05) is 106 Å². The highest BCUT2D eigenvalue weighted by molar-refractivity contribution is 5.93. The topological polar surface area (TPSA) is 92.3 Å². The van der Waals surface area contributed by atoms with Crippen molar-refractivity contribution < 1.29 is 47.4 Å². The first kappa shape index (κ1) is 34.1. The average Bonchev–Trinajstić information content (AvgIpc) is 3.09. The summed E-state index contributed by atoms with van der Waals surface area (Å²) in [4.78, 5) is 0. The van der Waals surface area contributed by atoms with Gasteiger partial charge in [-0.2, -0.15) is 0 Å². The molecule has 0 saturated heterocycles. The number of fused-ring (bicyclic) bond motifs is 25. The van der Waals surface area contributed by atoms with Crippen molar-refractivity contribution in [2.45, 2.75) is 6.10 Å². The molecule has 10 nitrogen and oxygen atoms in total. The van der Waals surface area contributed by atoms with Gasteiger partial charge in [0.25, 0.3) is 0 Å². The van der Waals surface area contributed by atoms with Gasteiger partial charge in [-0.15, -0.1) is 0 Å². The van der Waals surface area contributed by atoms with Crippen LogP contribution in [-0.2, 0) is 37.9 Å². The van der Waals surface area contributed by atoms with Crippen LogP contribution in [0.5, 0.6) is 11.5 Å². The lowest BCUT2D eigenvalue weighted by atomic mass is 9.85. The molecule has 4 bridgehead atoms. The minimum Gasteiger partial charge on any atom is -0.491 e. The Hall–Kier alpha value is -3.22. The molecule has 0 radical (unpaired) electrons.